The number of rotatable bonds is 8. The molecule has 0 saturated heterocycles. The summed E-state index contributed by atoms with van der Waals surface area (Å²) in [5, 5.41) is 4.96. The predicted octanol–water partition coefficient (Wildman–Crippen LogP) is 4.36. The van der Waals surface area contributed by atoms with E-state index in [0.717, 1.165) is 22.1 Å². The molecule has 1 amide bonds. The Morgan fingerprint density at radius 3 is 2.69 bits per heavy atom. The van der Waals surface area contributed by atoms with Crippen LogP contribution in [0, 0.1) is 5.92 Å². The number of amides is 1. The summed E-state index contributed by atoms with van der Waals surface area (Å²) in [6.45, 7) is 0.788. The molecule has 2 aromatic rings. The number of aromatic nitrogens is 1. The van der Waals surface area contributed by atoms with Crippen molar-refractivity contribution in [1.29, 1.82) is 0 Å². The van der Waals surface area contributed by atoms with Crippen LogP contribution in [0.4, 0.5) is 0 Å². The van der Waals surface area contributed by atoms with Gasteiger partial charge in [0.05, 0.1) is 17.9 Å². The Bertz CT molecular complexity index is 724. The standard InChI is InChI=1S/C20H24N2O2S2/c23-18(16-9-5-2-6-10-16)14-26-20-22-17(13-25-20)11-19(24)21-12-15-7-3-1-4-8-15/h2,5-6,9-10,13,15H,1,3-4,7-8,11-12,14H2,(H,21,24). The molecule has 1 aliphatic carbocycles. The summed E-state index contributed by atoms with van der Waals surface area (Å²) < 4.78 is 0.837. The van der Waals surface area contributed by atoms with Gasteiger partial charge in [-0.3, -0.25) is 9.59 Å². The molecule has 1 heterocycles. The summed E-state index contributed by atoms with van der Waals surface area (Å²) in [5.74, 6) is 1.14. The first-order chi connectivity index (χ1) is 12.7. The topological polar surface area (TPSA) is 59.1 Å². The fourth-order valence-electron chi connectivity index (χ4n) is 3.15. The zero-order valence-electron chi connectivity index (χ0n) is 14.8. The van der Waals surface area contributed by atoms with Crippen LogP contribution in [0.5, 0.6) is 0 Å². The van der Waals surface area contributed by atoms with Crippen LogP contribution in [0.25, 0.3) is 0 Å². The number of benzene rings is 1. The van der Waals surface area contributed by atoms with E-state index in [1.807, 2.05) is 35.7 Å². The normalized spacial score (nSPS) is 14.9. The van der Waals surface area contributed by atoms with E-state index < -0.39 is 0 Å². The number of Topliss-reactive ketones (excluding diaryl/α,β-unsaturated/α-hetero) is 1. The van der Waals surface area contributed by atoms with E-state index in [1.165, 1.54) is 55.2 Å². The Kier molecular flexibility index (Phi) is 7.26. The summed E-state index contributed by atoms with van der Waals surface area (Å²) in [5.41, 5.74) is 1.50. The van der Waals surface area contributed by atoms with Crippen molar-refractivity contribution in [2.45, 2.75) is 42.9 Å². The molecule has 0 atom stereocenters. The first-order valence-corrected chi connectivity index (χ1v) is 11.0. The number of hydrogen-bond donors (Lipinski definition) is 1. The van der Waals surface area contributed by atoms with E-state index >= 15 is 0 Å². The van der Waals surface area contributed by atoms with Gasteiger partial charge in [-0.15, -0.1) is 11.3 Å². The van der Waals surface area contributed by atoms with Gasteiger partial charge in [0.1, 0.15) is 0 Å². The number of hydrogen-bond acceptors (Lipinski definition) is 5. The molecule has 26 heavy (non-hydrogen) atoms. The molecule has 1 aromatic carbocycles. The SMILES string of the molecule is O=C(Cc1csc(SCC(=O)c2ccccc2)n1)NCC1CCCCC1. The van der Waals surface area contributed by atoms with Crippen molar-refractivity contribution in [1.82, 2.24) is 10.3 Å². The summed E-state index contributed by atoms with van der Waals surface area (Å²) in [4.78, 5) is 28.7. The van der Waals surface area contributed by atoms with Gasteiger partial charge in [-0.05, 0) is 18.8 Å². The number of nitrogens with zero attached hydrogens (tertiary/aromatic N) is 1. The van der Waals surface area contributed by atoms with Crippen molar-refractivity contribution in [2.24, 2.45) is 5.92 Å². The third-order valence-corrected chi connectivity index (χ3v) is 6.68. The molecule has 1 fully saturated rings. The lowest BCUT2D eigenvalue weighted by atomic mass is 9.89. The minimum Gasteiger partial charge on any atom is -0.355 e. The maximum atomic E-state index is 12.1. The molecule has 3 rings (SSSR count). The Morgan fingerprint density at radius 2 is 1.92 bits per heavy atom. The number of thiazole rings is 1. The van der Waals surface area contributed by atoms with Gasteiger partial charge >= 0.3 is 0 Å². The van der Waals surface area contributed by atoms with Crippen LogP contribution >= 0.6 is 23.1 Å². The second kappa shape index (κ2) is 9.88. The smallest absolute Gasteiger partial charge is 0.226 e. The summed E-state index contributed by atoms with van der Waals surface area (Å²) in [6.07, 6.45) is 6.68. The van der Waals surface area contributed by atoms with Crippen molar-refractivity contribution in [2.75, 3.05) is 12.3 Å². The minimum atomic E-state index is 0.0396. The highest BCUT2D eigenvalue weighted by Crippen LogP contribution is 2.24. The first kappa shape index (κ1) is 19.1. The summed E-state index contributed by atoms with van der Waals surface area (Å²) in [7, 11) is 0. The average molecular weight is 389 g/mol. The van der Waals surface area contributed by atoms with Gasteiger partial charge in [0.15, 0.2) is 10.1 Å². The zero-order valence-corrected chi connectivity index (χ0v) is 16.4. The lowest BCUT2D eigenvalue weighted by Crippen LogP contribution is -2.31. The van der Waals surface area contributed by atoms with Crippen LogP contribution in [0.2, 0.25) is 0 Å². The Labute approximate surface area is 162 Å². The molecule has 138 valence electrons. The third-order valence-electron chi connectivity index (χ3n) is 4.61. The fourth-order valence-corrected chi connectivity index (χ4v) is 4.89. The highest BCUT2D eigenvalue weighted by atomic mass is 32.2. The second-order valence-electron chi connectivity index (χ2n) is 6.67. The molecule has 0 bridgehead atoms. The van der Waals surface area contributed by atoms with Gasteiger partial charge in [0.2, 0.25) is 5.91 Å². The average Bonchev–Trinajstić information content (AvgIpc) is 3.13. The number of nitrogens with one attached hydrogen (secondary N) is 1. The van der Waals surface area contributed by atoms with Gasteiger partial charge in [0.25, 0.3) is 0 Å². The summed E-state index contributed by atoms with van der Waals surface area (Å²) in [6, 6.07) is 9.28. The van der Waals surface area contributed by atoms with Crippen LogP contribution in [0.1, 0.15) is 48.2 Å². The zero-order chi connectivity index (χ0) is 18.2. The van der Waals surface area contributed by atoms with Crippen molar-refractivity contribution in [3.8, 4) is 0 Å². The molecule has 1 N–H and O–H groups in total. The van der Waals surface area contributed by atoms with Crippen molar-refractivity contribution in [3.05, 3.63) is 47.0 Å². The van der Waals surface area contributed by atoms with Crippen molar-refractivity contribution in [3.63, 3.8) is 0 Å². The van der Waals surface area contributed by atoms with Crippen LogP contribution in [-0.4, -0.2) is 29.0 Å². The maximum Gasteiger partial charge on any atom is 0.226 e. The van der Waals surface area contributed by atoms with E-state index in [1.54, 1.807) is 0 Å². The fraction of sp³-hybridized carbons (Fsp3) is 0.450. The molecular formula is C20H24N2O2S2. The highest BCUT2D eigenvalue weighted by molar-refractivity contribution is 8.01. The molecule has 1 saturated carbocycles. The van der Waals surface area contributed by atoms with Crippen LogP contribution in [0.3, 0.4) is 0 Å². The monoisotopic (exact) mass is 388 g/mol. The van der Waals surface area contributed by atoms with E-state index in [9.17, 15) is 9.59 Å². The van der Waals surface area contributed by atoms with Crippen molar-refractivity contribution >= 4 is 34.8 Å². The number of carbonyl (C=O) groups is 2. The highest BCUT2D eigenvalue weighted by Gasteiger charge is 2.15. The minimum absolute atomic E-state index is 0.0396. The molecule has 0 spiro atoms. The van der Waals surface area contributed by atoms with E-state index in [4.69, 9.17) is 0 Å². The quantitative estimate of drug-likeness (QED) is 0.539. The predicted molar refractivity (Wildman–Crippen MR) is 107 cm³/mol. The number of carbonyl (C=O) groups excluding carboxylic acids is 2. The number of ketones is 1. The van der Waals surface area contributed by atoms with Crippen LogP contribution in [0.15, 0.2) is 40.1 Å². The molecule has 0 radical (unpaired) electrons. The maximum absolute atomic E-state index is 12.1. The van der Waals surface area contributed by atoms with E-state index in [-0.39, 0.29) is 11.7 Å². The van der Waals surface area contributed by atoms with E-state index in [2.05, 4.69) is 10.3 Å². The molecular weight excluding hydrogens is 364 g/mol. The van der Waals surface area contributed by atoms with E-state index in [0.29, 0.717) is 18.1 Å². The number of thioether (sulfide) groups is 1. The first-order valence-electron chi connectivity index (χ1n) is 9.13. The van der Waals surface area contributed by atoms with Gasteiger partial charge in [-0.2, -0.15) is 0 Å². The molecule has 1 aliphatic rings. The van der Waals surface area contributed by atoms with Crippen LogP contribution < -0.4 is 5.32 Å². The Morgan fingerprint density at radius 1 is 1.15 bits per heavy atom. The molecule has 1 aromatic heterocycles. The largest absolute Gasteiger partial charge is 0.355 e. The molecule has 6 heteroatoms. The van der Waals surface area contributed by atoms with Crippen molar-refractivity contribution < 1.29 is 9.59 Å². The molecule has 0 unspecified atom stereocenters. The third kappa shape index (κ3) is 5.95. The molecule has 4 nitrogen and oxygen atoms in total. The summed E-state index contributed by atoms with van der Waals surface area (Å²) >= 11 is 2.93. The Hall–Kier alpha value is -1.66. The second-order valence-corrected chi connectivity index (χ2v) is 8.75. The van der Waals surface area contributed by atoms with Gasteiger partial charge in [0, 0.05) is 17.5 Å². The lowest BCUT2D eigenvalue weighted by Gasteiger charge is -2.21. The molecule has 0 aliphatic heterocycles. The lowest BCUT2D eigenvalue weighted by molar-refractivity contribution is -0.120. The van der Waals surface area contributed by atoms with Gasteiger partial charge in [-0.25, -0.2) is 4.98 Å². The van der Waals surface area contributed by atoms with Gasteiger partial charge < -0.3 is 5.32 Å². The van der Waals surface area contributed by atoms with Gasteiger partial charge in [-0.1, -0.05) is 61.4 Å². The Balaban J connectivity index is 1.41. The van der Waals surface area contributed by atoms with Crippen LogP contribution in [-0.2, 0) is 11.2 Å².